The standard InChI is InChI=1S/C14H18INO4/c1-16(9-3-4-14(18)19-2)13(17)10-20-12-7-5-11(15)6-8-12/h5-8H,3-4,9-10H2,1-2H3. The SMILES string of the molecule is COC(=O)CCCN(C)C(=O)COc1ccc(I)cc1. The molecule has 1 aromatic carbocycles. The second-order valence-corrected chi connectivity index (χ2v) is 5.48. The maximum Gasteiger partial charge on any atom is 0.305 e. The van der Waals surface area contributed by atoms with Crippen LogP contribution >= 0.6 is 22.6 Å². The second-order valence-electron chi connectivity index (χ2n) is 4.24. The van der Waals surface area contributed by atoms with E-state index in [1.54, 1.807) is 11.9 Å². The number of methoxy groups -OCH3 is 1. The van der Waals surface area contributed by atoms with Crippen molar-refractivity contribution < 1.29 is 19.1 Å². The Balaban J connectivity index is 2.27. The zero-order valence-electron chi connectivity index (χ0n) is 11.6. The monoisotopic (exact) mass is 391 g/mol. The van der Waals surface area contributed by atoms with E-state index in [4.69, 9.17) is 4.74 Å². The normalized spacial score (nSPS) is 9.95. The molecule has 1 rings (SSSR count). The summed E-state index contributed by atoms with van der Waals surface area (Å²) in [7, 11) is 3.04. The van der Waals surface area contributed by atoms with E-state index in [2.05, 4.69) is 27.3 Å². The number of likely N-dealkylation sites (N-methyl/N-ethyl adjacent to an activating group) is 1. The number of rotatable bonds is 7. The number of hydrogen-bond donors (Lipinski definition) is 0. The molecule has 0 N–H and O–H groups in total. The number of amides is 1. The van der Waals surface area contributed by atoms with Crippen LogP contribution < -0.4 is 4.74 Å². The van der Waals surface area contributed by atoms with Crippen LogP contribution in [0.4, 0.5) is 0 Å². The molecule has 1 aromatic rings. The summed E-state index contributed by atoms with van der Waals surface area (Å²) in [5, 5.41) is 0. The minimum atomic E-state index is -0.263. The Morgan fingerprint density at radius 1 is 1.25 bits per heavy atom. The predicted molar refractivity (Wildman–Crippen MR) is 83.5 cm³/mol. The molecule has 1 amide bonds. The number of nitrogens with zero attached hydrogens (tertiary/aromatic N) is 1. The Morgan fingerprint density at radius 2 is 1.90 bits per heavy atom. The fourth-order valence-corrected chi connectivity index (χ4v) is 1.83. The fraction of sp³-hybridized carbons (Fsp3) is 0.429. The summed E-state index contributed by atoms with van der Waals surface area (Å²) in [5.74, 6) is 0.288. The first-order valence-corrected chi connectivity index (χ1v) is 7.30. The number of esters is 1. The van der Waals surface area contributed by atoms with Gasteiger partial charge in [-0.15, -0.1) is 0 Å². The molecule has 0 aliphatic rings. The summed E-state index contributed by atoms with van der Waals surface area (Å²) < 4.78 is 11.1. The van der Waals surface area contributed by atoms with Crippen LogP contribution in [0.5, 0.6) is 5.75 Å². The van der Waals surface area contributed by atoms with Gasteiger partial charge in [0, 0.05) is 23.6 Å². The molecular formula is C14H18INO4. The van der Waals surface area contributed by atoms with Crippen molar-refractivity contribution in [1.29, 1.82) is 0 Å². The van der Waals surface area contributed by atoms with Crippen LogP contribution in [0.3, 0.4) is 0 Å². The van der Waals surface area contributed by atoms with Gasteiger partial charge in [0.15, 0.2) is 6.61 Å². The summed E-state index contributed by atoms with van der Waals surface area (Å²) >= 11 is 2.20. The van der Waals surface area contributed by atoms with E-state index >= 15 is 0 Å². The lowest BCUT2D eigenvalue weighted by molar-refractivity contribution is -0.141. The van der Waals surface area contributed by atoms with Gasteiger partial charge in [-0.25, -0.2) is 0 Å². The Bertz CT molecular complexity index is 447. The first-order chi connectivity index (χ1) is 9.52. The number of hydrogen-bond acceptors (Lipinski definition) is 4. The molecule has 0 aliphatic heterocycles. The van der Waals surface area contributed by atoms with Crippen LogP contribution in [0.25, 0.3) is 0 Å². The van der Waals surface area contributed by atoms with Gasteiger partial charge in [-0.05, 0) is 53.3 Å². The predicted octanol–water partition coefficient (Wildman–Crippen LogP) is 2.08. The highest BCUT2D eigenvalue weighted by molar-refractivity contribution is 14.1. The van der Waals surface area contributed by atoms with Gasteiger partial charge < -0.3 is 14.4 Å². The van der Waals surface area contributed by atoms with Crippen LogP contribution in [-0.4, -0.2) is 44.1 Å². The summed E-state index contributed by atoms with van der Waals surface area (Å²) in [6.45, 7) is 0.499. The number of carbonyl (C=O) groups is 2. The first kappa shape index (κ1) is 16.7. The molecule has 0 atom stereocenters. The molecule has 0 saturated heterocycles. The molecular weight excluding hydrogens is 373 g/mol. The zero-order valence-corrected chi connectivity index (χ0v) is 13.8. The van der Waals surface area contributed by atoms with Crippen molar-refractivity contribution in [1.82, 2.24) is 4.90 Å². The van der Waals surface area contributed by atoms with Crippen molar-refractivity contribution in [3.8, 4) is 5.75 Å². The van der Waals surface area contributed by atoms with E-state index in [9.17, 15) is 9.59 Å². The van der Waals surface area contributed by atoms with Gasteiger partial charge in [0.2, 0.25) is 0 Å². The number of ether oxygens (including phenoxy) is 2. The third kappa shape index (κ3) is 6.23. The third-order valence-electron chi connectivity index (χ3n) is 2.70. The molecule has 0 aromatic heterocycles. The molecule has 0 saturated carbocycles. The van der Waals surface area contributed by atoms with Crippen molar-refractivity contribution in [3.63, 3.8) is 0 Å². The van der Waals surface area contributed by atoms with Crippen LogP contribution in [0.15, 0.2) is 24.3 Å². The van der Waals surface area contributed by atoms with Crippen molar-refractivity contribution in [2.45, 2.75) is 12.8 Å². The number of benzene rings is 1. The average Bonchev–Trinajstić information content (AvgIpc) is 2.45. The lowest BCUT2D eigenvalue weighted by atomic mass is 10.3. The summed E-state index contributed by atoms with van der Waals surface area (Å²) in [4.78, 5) is 24.3. The van der Waals surface area contributed by atoms with Gasteiger partial charge in [-0.3, -0.25) is 9.59 Å². The highest BCUT2D eigenvalue weighted by Crippen LogP contribution is 2.13. The molecule has 110 valence electrons. The van der Waals surface area contributed by atoms with Gasteiger partial charge in [0.05, 0.1) is 7.11 Å². The molecule has 5 nitrogen and oxygen atoms in total. The lowest BCUT2D eigenvalue weighted by Gasteiger charge is -2.17. The summed E-state index contributed by atoms with van der Waals surface area (Å²) in [6.07, 6.45) is 0.893. The minimum Gasteiger partial charge on any atom is -0.484 e. The second kappa shape index (κ2) is 8.78. The summed E-state index contributed by atoms with van der Waals surface area (Å²) in [5.41, 5.74) is 0. The molecule has 0 unspecified atom stereocenters. The maximum absolute atomic E-state index is 11.8. The van der Waals surface area contributed by atoms with Gasteiger partial charge >= 0.3 is 5.97 Å². The Morgan fingerprint density at radius 3 is 2.50 bits per heavy atom. The van der Waals surface area contributed by atoms with Crippen LogP contribution in [-0.2, 0) is 14.3 Å². The molecule has 20 heavy (non-hydrogen) atoms. The lowest BCUT2D eigenvalue weighted by Crippen LogP contribution is -2.32. The number of halogens is 1. The molecule has 0 fully saturated rings. The van der Waals surface area contributed by atoms with E-state index in [0.717, 1.165) is 3.57 Å². The van der Waals surface area contributed by atoms with E-state index in [1.807, 2.05) is 24.3 Å². The topological polar surface area (TPSA) is 55.8 Å². The van der Waals surface area contributed by atoms with Crippen molar-refractivity contribution in [2.75, 3.05) is 27.3 Å². The molecule has 6 heteroatoms. The molecule has 0 spiro atoms. The van der Waals surface area contributed by atoms with Gasteiger partial charge in [-0.2, -0.15) is 0 Å². The van der Waals surface area contributed by atoms with Crippen molar-refractivity contribution in [3.05, 3.63) is 27.8 Å². The highest BCUT2D eigenvalue weighted by Gasteiger charge is 2.10. The average molecular weight is 391 g/mol. The molecule has 0 radical (unpaired) electrons. The zero-order chi connectivity index (χ0) is 15.0. The van der Waals surface area contributed by atoms with Crippen molar-refractivity contribution in [2.24, 2.45) is 0 Å². The van der Waals surface area contributed by atoms with E-state index in [-0.39, 0.29) is 18.5 Å². The highest BCUT2D eigenvalue weighted by atomic mass is 127. The van der Waals surface area contributed by atoms with Gasteiger partial charge in [0.1, 0.15) is 5.75 Å². The Labute approximate surface area is 132 Å². The largest absolute Gasteiger partial charge is 0.484 e. The minimum absolute atomic E-state index is 0.00465. The van der Waals surface area contributed by atoms with Crippen molar-refractivity contribution >= 4 is 34.5 Å². The van der Waals surface area contributed by atoms with E-state index in [0.29, 0.717) is 25.1 Å². The van der Waals surface area contributed by atoms with E-state index in [1.165, 1.54) is 7.11 Å². The summed E-state index contributed by atoms with van der Waals surface area (Å²) in [6, 6.07) is 7.49. The smallest absolute Gasteiger partial charge is 0.305 e. The first-order valence-electron chi connectivity index (χ1n) is 6.22. The van der Waals surface area contributed by atoms with Crippen LogP contribution in [0.1, 0.15) is 12.8 Å². The third-order valence-corrected chi connectivity index (χ3v) is 3.42. The molecule has 0 bridgehead atoms. The number of carbonyl (C=O) groups excluding carboxylic acids is 2. The Hall–Kier alpha value is -1.31. The quantitative estimate of drug-likeness (QED) is 0.528. The fourth-order valence-electron chi connectivity index (χ4n) is 1.47. The van der Waals surface area contributed by atoms with Crippen LogP contribution in [0, 0.1) is 3.57 Å². The molecule has 0 aliphatic carbocycles. The maximum atomic E-state index is 11.8. The van der Waals surface area contributed by atoms with Gasteiger partial charge in [-0.1, -0.05) is 0 Å². The van der Waals surface area contributed by atoms with Gasteiger partial charge in [0.25, 0.3) is 5.91 Å². The molecule has 0 heterocycles. The van der Waals surface area contributed by atoms with Crippen LogP contribution in [0.2, 0.25) is 0 Å². The Kier molecular flexibility index (Phi) is 7.35. The van der Waals surface area contributed by atoms with E-state index < -0.39 is 0 Å².